The van der Waals surface area contributed by atoms with Crippen molar-refractivity contribution in [3.8, 4) is 0 Å². The first-order valence-corrected chi connectivity index (χ1v) is 13.8. The van der Waals surface area contributed by atoms with Crippen LogP contribution in [0.5, 0.6) is 0 Å². The van der Waals surface area contributed by atoms with Crippen molar-refractivity contribution in [1.29, 1.82) is 0 Å². The maximum absolute atomic E-state index is 12.3. The van der Waals surface area contributed by atoms with E-state index >= 15 is 0 Å². The second-order valence-corrected chi connectivity index (χ2v) is 10.1. The molecule has 1 aromatic carbocycles. The zero-order valence-corrected chi connectivity index (χ0v) is 20.7. The lowest BCUT2D eigenvalue weighted by Crippen LogP contribution is -2.32. The first-order valence-electron chi connectivity index (χ1n) is 12.3. The molecule has 7 heteroatoms. The minimum Gasteiger partial charge on any atom is -0.326 e. The van der Waals surface area contributed by atoms with E-state index in [0.29, 0.717) is 12.0 Å². The number of carbonyl (C=O) groups excluding carboxylic acids is 1. The minimum atomic E-state index is -3.89. The van der Waals surface area contributed by atoms with Gasteiger partial charge in [0, 0.05) is 12.0 Å². The molecule has 0 saturated heterocycles. The Morgan fingerprint density at radius 3 is 2.16 bits per heavy atom. The van der Waals surface area contributed by atoms with E-state index in [4.69, 9.17) is 4.18 Å². The van der Waals surface area contributed by atoms with E-state index in [1.54, 1.807) is 0 Å². The van der Waals surface area contributed by atoms with Crippen LogP contribution >= 0.6 is 0 Å². The van der Waals surface area contributed by atoms with Gasteiger partial charge in [-0.2, -0.15) is 8.42 Å². The van der Waals surface area contributed by atoms with Crippen LogP contribution in [-0.2, 0) is 25.5 Å². The van der Waals surface area contributed by atoms with Gasteiger partial charge >= 0.3 is 0 Å². The lowest BCUT2D eigenvalue weighted by Gasteiger charge is -2.20. The van der Waals surface area contributed by atoms with E-state index in [1.165, 1.54) is 44.1 Å². The molecule has 0 aliphatic rings. The quantitative estimate of drug-likeness (QED) is 0.144. The summed E-state index contributed by atoms with van der Waals surface area (Å²) in [6.07, 6.45) is 10.9. The van der Waals surface area contributed by atoms with Crippen molar-refractivity contribution in [1.82, 2.24) is 5.32 Å². The van der Waals surface area contributed by atoms with Gasteiger partial charge in [-0.15, -0.1) is 0 Å². The van der Waals surface area contributed by atoms with E-state index in [1.807, 2.05) is 31.2 Å². The number of hydrogen-bond donors (Lipinski definition) is 1. The molecule has 0 aliphatic carbocycles. The molecule has 1 atom stereocenters. The Morgan fingerprint density at radius 2 is 1.53 bits per heavy atom. The normalized spacial score (nSPS) is 12.6. The molecular weight excluding hydrogens is 429 g/mol. The van der Waals surface area contributed by atoms with E-state index in [9.17, 15) is 17.6 Å². The number of amides is 1. The van der Waals surface area contributed by atoms with Crippen LogP contribution in [0, 0.1) is 0 Å². The number of aryl methyl sites for hydroxylation is 1. The third-order valence-electron chi connectivity index (χ3n) is 5.42. The topological polar surface area (TPSA) is 72.5 Å². The Hall–Kier alpha value is -1.47. The molecular formula is C25H42FNO4S. The van der Waals surface area contributed by atoms with Gasteiger partial charge in [0.05, 0.1) is 12.4 Å². The van der Waals surface area contributed by atoms with Crippen LogP contribution in [0.3, 0.4) is 0 Å². The smallest absolute Gasteiger partial charge is 0.269 e. The van der Waals surface area contributed by atoms with Gasteiger partial charge in [0.25, 0.3) is 10.1 Å². The fraction of sp³-hybridized carbons (Fsp3) is 0.720. The number of alkyl halides is 1. The molecule has 0 radical (unpaired) electrons. The molecule has 0 bridgehead atoms. The summed E-state index contributed by atoms with van der Waals surface area (Å²) in [7, 11) is -3.89. The molecule has 1 N–H and O–H groups in total. The van der Waals surface area contributed by atoms with Gasteiger partial charge in [-0.3, -0.25) is 9.18 Å². The molecule has 0 spiro atoms. The van der Waals surface area contributed by atoms with Gasteiger partial charge in [0.15, 0.2) is 6.23 Å². The summed E-state index contributed by atoms with van der Waals surface area (Å²) in [5.74, 6) is -0.517. The fourth-order valence-electron chi connectivity index (χ4n) is 3.43. The van der Waals surface area contributed by atoms with Gasteiger partial charge in [0.1, 0.15) is 0 Å². The number of nitrogens with one attached hydrogen (secondary N) is 1. The summed E-state index contributed by atoms with van der Waals surface area (Å²) in [6.45, 7) is 3.64. The molecule has 0 fully saturated rings. The lowest BCUT2D eigenvalue weighted by molar-refractivity contribution is -0.123. The van der Waals surface area contributed by atoms with Crippen molar-refractivity contribution < 1.29 is 21.8 Å². The third kappa shape index (κ3) is 13.2. The Kier molecular flexibility index (Phi) is 15.2. The fourth-order valence-corrected chi connectivity index (χ4v) is 4.54. The lowest BCUT2D eigenvalue weighted by atomic mass is 10.0. The monoisotopic (exact) mass is 471 g/mol. The molecule has 1 aromatic rings. The van der Waals surface area contributed by atoms with Gasteiger partial charge in [0.2, 0.25) is 5.91 Å². The van der Waals surface area contributed by atoms with Crippen molar-refractivity contribution in [2.75, 3.05) is 12.4 Å². The van der Waals surface area contributed by atoms with Crippen molar-refractivity contribution in [2.24, 2.45) is 0 Å². The molecule has 0 aliphatic heterocycles. The average molecular weight is 472 g/mol. The number of unbranched alkanes of at least 4 members (excludes halogenated alkanes) is 8. The highest BCUT2D eigenvalue weighted by Crippen LogP contribution is 2.20. The Morgan fingerprint density at radius 1 is 0.906 bits per heavy atom. The third-order valence-corrected chi connectivity index (χ3v) is 6.70. The largest absolute Gasteiger partial charge is 0.326 e. The molecule has 0 heterocycles. The minimum absolute atomic E-state index is 0.170. The van der Waals surface area contributed by atoms with E-state index < -0.39 is 23.0 Å². The highest BCUT2D eigenvalue weighted by atomic mass is 32.2. The summed E-state index contributed by atoms with van der Waals surface area (Å²) in [4.78, 5) is 12.2. The molecule has 1 amide bonds. The molecule has 0 aromatic heterocycles. The average Bonchev–Trinajstić information content (AvgIpc) is 2.77. The molecule has 1 rings (SSSR count). The van der Waals surface area contributed by atoms with Crippen LogP contribution in [0.2, 0.25) is 0 Å². The Balaban J connectivity index is 2.69. The SMILES string of the molecule is CCCCCCCCCc1ccc(C(NC(=O)CCCC)OS(=O)(=O)CCCCF)cc1. The summed E-state index contributed by atoms with van der Waals surface area (Å²) in [5, 5.41) is 2.70. The molecule has 1 unspecified atom stereocenters. The highest BCUT2D eigenvalue weighted by molar-refractivity contribution is 7.86. The molecule has 32 heavy (non-hydrogen) atoms. The van der Waals surface area contributed by atoms with Crippen LogP contribution < -0.4 is 5.32 Å². The van der Waals surface area contributed by atoms with Crippen LogP contribution in [0.1, 0.15) is 108 Å². The molecule has 184 valence electrons. The first-order chi connectivity index (χ1) is 15.4. The van der Waals surface area contributed by atoms with E-state index in [2.05, 4.69) is 12.2 Å². The molecule has 5 nitrogen and oxygen atoms in total. The number of carbonyl (C=O) groups is 1. The molecule has 0 saturated carbocycles. The summed E-state index contributed by atoms with van der Waals surface area (Å²) in [6, 6.07) is 7.57. The van der Waals surface area contributed by atoms with Crippen LogP contribution in [0.25, 0.3) is 0 Å². The van der Waals surface area contributed by atoms with E-state index in [0.717, 1.165) is 25.7 Å². The summed E-state index contributed by atoms with van der Waals surface area (Å²) >= 11 is 0. The van der Waals surface area contributed by atoms with Crippen molar-refractivity contribution in [3.05, 3.63) is 35.4 Å². The standard InChI is InChI=1S/C25H42FNO4S/c1-3-5-7-8-9-10-11-14-22-16-18-23(19-17-22)25(27-24(28)15-6-4-2)31-32(29,30)21-13-12-20-26/h16-19,25H,3-15,20-21H2,1-2H3,(H,27,28). The van der Waals surface area contributed by atoms with Gasteiger partial charge in [-0.05, 0) is 37.7 Å². The van der Waals surface area contributed by atoms with Crippen LogP contribution in [0.15, 0.2) is 24.3 Å². The number of benzene rings is 1. The Labute approximate surface area is 194 Å². The summed E-state index contributed by atoms with van der Waals surface area (Å²) in [5.41, 5.74) is 1.77. The second-order valence-electron chi connectivity index (χ2n) is 8.42. The zero-order valence-electron chi connectivity index (χ0n) is 19.9. The van der Waals surface area contributed by atoms with Gasteiger partial charge < -0.3 is 5.32 Å². The highest BCUT2D eigenvalue weighted by Gasteiger charge is 2.23. The van der Waals surface area contributed by atoms with Crippen molar-refractivity contribution in [2.45, 2.75) is 104 Å². The zero-order chi connectivity index (χ0) is 23.7. The van der Waals surface area contributed by atoms with Crippen LogP contribution in [0.4, 0.5) is 4.39 Å². The van der Waals surface area contributed by atoms with E-state index in [-0.39, 0.29) is 24.5 Å². The van der Waals surface area contributed by atoms with Crippen LogP contribution in [-0.4, -0.2) is 26.8 Å². The maximum Gasteiger partial charge on any atom is 0.269 e. The predicted octanol–water partition coefficient (Wildman–Crippen LogP) is 6.38. The second kappa shape index (κ2) is 17.1. The van der Waals surface area contributed by atoms with Gasteiger partial charge in [-0.25, -0.2) is 4.18 Å². The number of hydrogen-bond acceptors (Lipinski definition) is 4. The Bertz CT molecular complexity index is 722. The maximum atomic E-state index is 12.3. The predicted molar refractivity (Wildman–Crippen MR) is 129 cm³/mol. The number of halogens is 1. The van der Waals surface area contributed by atoms with Crippen molar-refractivity contribution in [3.63, 3.8) is 0 Å². The van der Waals surface area contributed by atoms with Gasteiger partial charge in [-0.1, -0.05) is 83.1 Å². The summed E-state index contributed by atoms with van der Waals surface area (Å²) < 4.78 is 42.3. The first kappa shape index (κ1) is 28.6. The van der Waals surface area contributed by atoms with Crippen molar-refractivity contribution >= 4 is 16.0 Å². The number of rotatable bonds is 19.